The van der Waals surface area contributed by atoms with E-state index in [2.05, 4.69) is 30.8 Å². The van der Waals surface area contributed by atoms with Crippen molar-refractivity contribution < 1.29 is 26.8 Å². The summed E-state index contributed by atoms with van der Waals surface area (Å²) in [7, 11) is -3.71. The largest absolute Gasteiger partial charge is 0.354 e. The molecule has 3 aromatic rings. The third-order valence-electron chi connectivity index (χ3n) is 4.54. The number of anilines is 4. The van der Waals surface area contributed by atoms with Gasteiger partial charge >= 0.3 is 0 Å². The third kappa shape index (κ3) is 5.05. The fourth-order valence-corrected chi connectivity index (χ4v) is 3.82. The van der Waals surface area contributed by atoms with Crippen molar-refractivity contribution in [1.29, 1.82) is 0 Å². The topological polar surface area (TPSA) is 157 Å². The average molecular weight is 475 g/mol. The van der Waals surface area contributed by atoms with Crippen LogP contribution in [0.2, 0.25) is 0 Å². The molecule has 0 spiro atoms. The normalized spacial score (nSPS) is 15.8. The molecule has 3 aromatic heterocycles. The van der Waals surface area contributed by atoms with Crippen LogP contribution in [-0.2, 0) is 19.3 Å². The van der Waals surface area contributed by atoms with Gasteiger partial charge in [0.25, 0.3) is 5.91 Å². The number of carbonyl (C=O) groups is 1. The van der Waals surface area contributed by atoms with Gasteiger partial charge in [-0.05, 0) is 24.3 Å². The predicted molar refractivity (Wildman–Crippen MR) is 118 cm³/mol. The minimum Gasteiger partial charge on any atom is -0.354 e. The summed E-state index contributed by atoms with van der Waals surface area (Å²) in [5, 5.41) is 15.2. The average Bonchev–Trinajstić information content (AvgIpc) is 3.34. The molecule has 0 atom stereocenters. The highest BCUT2D eigenvalue weighted by atomic mass is 32.2. The Kier molecular flexibility index (Phi) is 5.39. The first-order chi connectivity index (χ1) is 17.0. The van der Waals surface area contributed by atoms with Gasteiger partial charge < -0.3 is 25.4 Å². The van der Waals surface area contributed by atoms with E-state index in [1.54, 1.807) is 18.3 Å². The number of carbonyl (C=O) groups excluding carboxylic acids is 1. The molecule has 1 aliphatic heterocycles. The number of amides is 1. The SMILES string of the molecule is [2H]C([2H])([2H])NC(=O)c1nncc(Nc2ccc(C3OCCO3)cn2)c1Nc1ncccc1S(C)(=O)=O. The highest BCUT2D eigenvalue weighted by Gasteiger charge is 2.22. The van der Waals surface area contributed by atoms with E-state index in [0.717, 1.165) is 6.26 Å². The molecule has 0 aliphatic carbocycles. The summed E-state index contributed by atoms with van der Waals surface area (Å²) >= 11 is 0. The van der Waals surface area contributed by atoms with Crippen molar-refractivity contribution in [2.75, 3.05) is 37.1 Å². The van der Waals surface area contributed by atoms with E-state index in [4.69, 9.17) is 13.6 Å². The van der Waals surface area contributed by atoms with Crippen LogP contribution in [0.15, 0.2) is 47.8 Å². The van der Waals surface area contributed by atoms with E-state index >= 15 is 0 Å². The van der Waals surface area contributed by atoms with Gasteiger partial charge in [0, 0.05) is 35.3 Å². The maximum atomic E-state index is 12.7. The first-order valence-corrected chi connectivity index (χ1v) is 11.5. The van der Waals surface area contributed by atoms with E-state index in [0.29, 0.717) is 24.6 Å². The first-order valence-electron chi connectivity index (χ1n) is 11.1. The molecule has 33 heavy (non-hydrogen) atoms. The molecule has 4 rings (SSSR count). The van der Waals surface area contributed by atoms with E-state index in [-0.39, 0.29) is 22.1 Å². The van der Waals surface area contributed by atoms with Crippen LogP contribution in [0.5, 0.6) is 0 Å². The van der Waals surface area contributed by atoms with E-state index in [1.165, 1.54) is 24.5 Å². The van der Waals surface area contributed by atoms with Crippen LogP contribution in [0.4, 0.5) is 23.0 Å². The van der Waals surface area contributed by atoms with Crippen molar-refractivity contribution in [2.24, 2.45) is 0 Å². The summed E-state index contributed by atoms with van der Waals surface area (Å²) in [6, 6.07) is 6.14. The molecule has 172 valence electrons. The molecule has 3 N–H and O–H groups in total. The standard InChI is InChI=1S/C20H21N7O5S/c1-21-19(28)17-16(26-18-14(33(2,29)30)4-3-7-22-18)13(11-24-27-17)25-15-6-5-12(10-23-15)20-31-8-9-32-20/h3-7,10-11,20H,8-9H2,1-2H3,(H,21,28)(H,22,24,26)(H,23,25,27)/i1D3. The Bertz CT molecular complexity index is 1360. The van der Waals surface area contributed by atoms with Crippen LogP contribution >= 0.6 is 0 Å². The third-order valence-corrected chi connectivity index (χ3v) is 5.66. The number of hydrogen-bond donors (Lipinski definition) is 3. The van der Waals surface area contributed by atoms with Gasteiger partial charge in [-0.3, -0.25) is 4.79 Å². The molecule has 0 aromatic carbocycles. The monoisotopic (exact) mass is 474 g/mol. The lowest BCUT2D eigenvalue weighted by atomic mass is 10.2. The van der Waals surface area contributed by atoms with E-state index in [9.17, 15) is 13.2 Å². The second-order valence-electron chi connectivity index (χ2n) is 6.86. The summed E-state index contributed by atoms with van der Waals surface area (Å²) in [4.78, 5) is 21.0. The smallest absolute Gasteiger partial charge is 0.273 e. The van der Waals surface area contributed by atoms with Crippen LogP contribution in [0.1, 0.15) is 26.5 Å². The number of sulfone groups is 1. The zero-order chi connectivity index (χ0) is 25.9. The molecule has 1 amide bonds. The molecule has 0 radical (unpaired) electrons. The van der Waals surface area contributed by atoms with Gasteiger partial charge in [0.1, 0.15) is 16.5 Å². The van der Waals surface area contributed by atoms with Crippen molar-refractivity contribution in [3.63, 3.8) is 0 Å². The molecule has 12 nitrogen and oxygen atoms in total. The van der Waals surface area contributed by atoms with Crippen molar-refractivity contribution >= 4 is 38.8 Å². The summed E-state index contributed by atoms with van der Waals surface area (Å²) in [5.74, 6) is -0.832. The van der Waals surface area contributed by atoms with Crippen LogP contribution in [-0.4, -0.2) is 60.9 Å². The maximum Gasteiger partial charge on any atom is 0.273 e. The second-order valence-corrected chi connectivity index (χ2v) is 8.84. The van der Waals surface area contributed by atoms with Crippen LogP contribution in [0.25, 0.3) is 0 Å². The Morgan fingerprint density at radius 2 is 1.97 bits per heavy atom. The number of hydrogen-bond acceptors (Lipinski definition) is 11. The second kappa shape index (κ2) is 9.44. The molecule has 4 heterocycles. The molecule has 1 aliphatic rings. The fraction of sp³-hybridized carbons (Fsp3) is 0.250. The Labute approximate surface area is 193 Å². The predicted octanol–water partition coefficient (Wildman–Crippen LogP) is 1.56. The van der Waals surface area contributed by atoms with Crippen molar-refractivity contribution in [2.45, 2.75) is 11.2 Å². The summed E-state index contributed by atoms with van der Waals surface area (Å²) in [5.41, 5.74) is 0.377. The summed E-state index contributed by atoms with van der Waals surface area (Å²) < 4.78 is 57.4. The lowest BCUT2D eigenvalue weighted by molar-refractivity contribution is -0.0443. The number of nitrogens with zero attached hydrogens (tertiary/aromatic N) is 4. The highest BCUT2D eigenvalue weighted by Crippen LogP contribution is 2.32. The molecule has 1 saturated heterocycles. The van der Waals surface area contributed by atoms with Gasteiger partial charge in [-0.25, -0.2) is 18.4 Å². The molecular formula is C20H21N7O5S. The molecule has 0 unspecified atom stereocenters. The van der Waals surface area contributed by atoms with Crippen molar-refractivity contribution in [3.8, 4) is 0 Å². The van der Waals surface area contributed by atoms with Crippen molar-refractivity contribution in [3.05, 3.63) is 54.1 Å². The van der Waals surface area contributed by atoms with Gasteiger partial charge in [0.05, 0.1) is 30.8 Å². The number of nitrogens with one attached hydrogen (secondary N) is 3. The number of ether oxygens (including phenoxy) is 2. The Balaban J connectivity index is 1.73. The molecule has 0 bridgehead atoms. The highest BCUT2D eigenvalue weighted by molar-refractivity contribution is 7.90. The molecule has 0 saturated carbocycles. The van der Waals surface area contributed by atoms with Gasteiger partial charge in [-0.1, -0.05) is 0 Å². The summed E-state index contributed by atoms with van der Waals surface area (Å²) in [6.07, 6.45) is 4.65. The van der Waals surface area contributed by atoms with Gasteiger partial charge in [0.2, 0.25) is 0 Å². The first kappa shape index (κ1) is 18.8. The number of pyridine rings is 2. The van der Waals surface area contributed by atoms with Gasteiger partial charge in [-0.15, -0.1) is 5.10 Å². The molecule has 13 heteroatoms. The quantitative estimate of drug-likeness (QED) is 0.456. The number of aromatic nitrogens is 4. The zero-order valence-corrected chi connectivity index (χ0v) is 18.1. The van der Waals surface area contributed by atoms with E-state index in [1.807, 2.05) is 5.32 Å². The number of rotatable bonds is 7. The van der Waals surface area contributed by atoms with Gasteiger partial charge in [0.15, 0.2) is 21.8 Å². The van der Waals surface area contributed by atoms with Crippen LogP contribution in [0.3, 0.4) is 0 Å². The van der Waals surface area contributed by atoms with Crippen molar-refractivity contribution in [1.82, 2.24) is 25.5 Å². The lowest BCUT2D eigenvalue weighted by Crippen LogP contribution is -2.22. The lowest BCUT2D eigenvalue weighted by Gasteiger charge is -2.16. The Morgan fingerprint density at radius 1 is 1.15 bits per heavy atom. The van der Waals surface area contributed by atoms with Crippen LogP contribution < -0.4 is 16.0 Å². The zero-order valence-electron chi connectivity index (χ0n) is 20.3. The Morgan fingerprint density at radius 3 is 2.67 bits per heavy atom. The fourth-order valence-electron chi connectivity index (χ4n) is 3.04. The Hall–Kier alpha value is -3.68. The van der Waals surface area contributed by atoms with E-state index < -0.39 is 34.7 Å². The molecule has 1 fully saturated rings. The van der Waals surface area contributed by atoms with Crippen LogP contribution in [0, 0.1) is 0 Å². The summed E-state index contributed by atoms with van der Waals surface area (Å²) in [6.45, 7) is -1.84. The van der Waals surface area contributed by atoms with Gasteiger partial charge in [-0.2, -0.15) is 5.10 Å². The molecular weight excluding hydrogens is 450 g/mol. The minimum atomic E-state index is -3.71. The maximum absolute atomic E-state index is 12.7. The minimum absolute atomic E-state index is 0.0660.